The molecule has 2 saturated carbocycles. The minimum Gasteiger partial charge on any atom is -0.495 e. The van der Waals surface area contributed by atoms with Gasteiger partial charge in [0.1, 0.15) is 34.4 Å². The maximum absolute atomic E-state index is 14.9. The minimum atomic E-state index is -4.49. The van der Waals surface area contributed by atoms with E-state index < -0.39 is 61.2 Å². The molecule has 2 aliphatic carbocycles. The first-order valence-electron chi connectivity index (χ1n) is 22.7. The topological polar surface area (TPSA) is 169 Å². The van der Waals surface area contributed by atoms with Crippen molar-refractivity contribution in [2.75, 3.05) is 38.2 Å². The Balaban J connectivity index is 1.21. The smallest absolute Gasteiger partial charge is 0.401 e. The predicted molar refractivity (Wildman–Crippen MR) is 241 cm³/mol. The lowest BCUT2D eigenvalue weighted by Gasteiger charge is -2.30. The summed E-state index contributed by atoms with van der Waals surface area (Å²) >= 11 is 8.28. The van der Waals surface area contributed by atoms with E-state index in [0.717, 1.165) is 51.4 Å². The molecule has 2 saturated heterocycles. The summed E-state index contributed by atoms with van der Waals surface area (Å²) in [5.41, 5.74) is 1.43. The van der Waals surface area contributed by atoms with Gasteiger partial charge in [0.05, 0.1) is 49.0 Å². The maximum Gasteiger partial charge on any atom is 0.401 e. The van der Waals surface area contributed by atoms with Gasteiger partial charge >= 0.3 is 12.1 Å². The number of fused-ring (bicyclic) bond motifs is 3. The van der Waals surface area contributed by atoms with E-state index in [4.69, 9.17) is 35.8 Å². The molecule has 13 nitrogen and oxygen atoms in total. The second-order valence-corrected chi connectivity index (χ2v) is 22.3. The van der Waals surface area contributed by atoms with Crippen LogP contribution in [-0.2, 0) is 23.7 Å². The number of nitrogens with one attached hydrogen (secondary N) is 2. The largest absolute Gasteiger partial charge is 0.495 e. The number of methoxy groups -OCH3 is 1. The standard InChI is InChI=1S/C45H60ClF3N5O8PS/c1-27(2)51-43-53-34(25-64-43)33-21-38(32-15-16-37(60-3)40(46)41(32)52-33)61-31-20-35-36(55)23-44(63(58,59)18-17-50-26-45(47,48)49)22-29(44)12-8-6-4-5-7-11-28(42(57)54(35)24-31)19-39(56)62-30-13-9-10-14-30/h15-16,21,25,27-31,35,50H,4-14,17-20,22-24,26H2,1-3H3,(H,51,53)(H,58,59)/t28-,29-,31-,35+,44-/m1/s1. The molecule has 2 aromatic heterocycles. The van der Waals surface area contributed by atoms with Crippen molar-refractivity contribution in [3.63, 3.8) is 0 Å². The quantitative estimate of drug-likeness (QED) is 0.0796. The maximum atomic E-state index is 14.9. The predicted octanol–water partition coefficient (Wildman–Crippen LogP) is 9.57. The minimum absolute atomic E-state index is 0.0137. The first kappa shape index (κ1) is 48.4. The van der Waals surface area contributed by atoms with Crippen molar-refractivity contribution in [2.45, 2.75) is 146 Å². The average molecular weight is 954 g/mol. The molecule has 0 bridgehead atoms. The van der Waals surface area contributed by atoms with E-state index in [0.29, 0.717) is 64.6 Å². The number of aromatic nitrogens is 2. The molecule has 1 aromatic carbocycles. The van der Waals surface area contributed by atoms with Crippen LogP contribution in [0.25, 0.3) is 22.3 Å². The number of esters is 1. The molecule has 64 heavy (non-hydrogen) atoms. The number of thiazole rings is 1. The van der Waals surface area contributed by atoms with Gasteiger partial charge in [0.15, 0.2) is 10.9 Å². The number of nitrogens with zero attached hydrogens (tertiary/aromatic N) is 3. The average Bonchev–Trinajstić information content (AvgIpc) is 3.65. The van der Waals surface area contributed by atoms with Crippen molar-refractivity contribution in [3.8, 4) is 22.9 Å². The molecule has 4 heterocycles. The Hall–Kier alpha value is -3.50. The molecule has 4 fully saturated rings. The second kappa shape index (κ2) is 20.6. The van der Waals surface area contributed by atoms with E-state index in [1.54, 1.807) is 18.2 Å². The molecule has 4 aliphatic rings. The molecule has 6 atom stereocenters. The van der Waals surface area contributed by atoms with E-state index >= 15 is 0 Å². The third-order valence-electron chi connectivity index (χ3n) is 13.2. The third kappa shape index (κ3) is 11.5. The first-order chi connectivity index (χ1) is 30.5. The number of pyridine rings is 1. The highest BCUT2D eigenvalue weighted by molar-refractivity contribution is 7.60. The lowest BCUT2D eigenvalue weighted by Crippen LogP contribution is -2.45. The summed E-state index contributed by atoms with van der Waals surface area (Å²) in [5, 5.41) is 7.61. The van der Waals surface area contributed by atoms with Gasteiger partial charge < -0.3 is 34.6 Å². The normalized spacial score (nSPS) is 25.9. The van der Waals surface area contributed by atoms with Gasteiger partial charge in [-0.25, -0.2) is 9.97 Å². The highest BCUT2D eigenvalue weighted by atomic mass is 35.5. The number of benzene rings is 1. The van der Waals surface area contributed by atoms with Crippen LogP contribution in [0, 0.1) is 11.8 Å². The van der Waals surface area contributed by atoms with Crippen molar-refractivity contribution in [1.82, 2.24) is 20.2 Å². The molecule has 2 aliphatic heterocycles. The van der Waals surface area contributed by atoms with Crippen LogP contribution >= 0.6 is 30.3 Å². The van der Waals surface area contributed by atoms with E-state index in [2.05, 4.69) is 10.6 Å². The van der Waals surface area contributed by atoms with Gasteiger partial charge in [0.25, 0.3) is 0 Å². The highest BCUT2D eigenvalue weighted by Crippen LogP contribution is 2.73. The Morgan fingerprint density at radius 3 is 2.47 bits per heavy atom. The molecule has 19 heteroatoms. The van der Waals surface area contributed by atoms with E-state index in [1.807, 2.05) is 19.2 Å². The third-order valence-corrected chi connectivity index (χ3v) is 17.3. The van der Waals surface area contributed by atoms with Crippen molar-refractivity contribution in [2.24, 2.45) is 11.8 Å². The van der Waals surface area contributed by atoms with Crippen LogP contribution in [0.1, 0.15) is 110 Å². The molecule has 1 amide bonds. The van der Waals surface area contributed by atoms with E-state index in [1.165, 1.54) is 23.3 Å². The van der Waals surface area contributed by atoms with Crippen LogP contribution < -0.4 is 20.1 Å². The van der Waals surface area contributed by atoms with Crippen LogP contribution in [0.4, 0.5) is 18.3 Å². The fraction of sp³-hybridized carbons (Fsp3) is 0.667. The first-order valence-corrected chi connectivity index (χ1v) is 25.8. The highest BCUT2D eigenvalue weighted by Gasteiger charge is 2.65. The molecule has 0 spiro atoms. The number of rotatable bonds is 14. The van der Waals surface area contributed by atoms with Gasteiger partial charge in [0.2, 0.25) is 13.3 Å². The number of hydrogen-bond acceptors (Lipinski definition) is 12. The van der Waals surface area contributed by atoms with Gasteiger partial charge in [-0.15, -0.1) is 11.3 Å². The fourth-order valence-corrected chi connectivity index (χ4v) is 13.5. The van der Waals surface area contributed by atoms with Gasteiger partial charge in [-0.05, 0) is 76.8 Å². The number of Topliss-reactive ketones (excluding diaryl/α,β-unsaturated/α-hetero) is 1. The Kier molecular flexibility index (Phi) is 15.6. The number of ether oxygens (including phenoxy) is 3. The molecular formula is C45H60ClF3N5O8PS. The van der Waals surface area contributed by atoms with E-state index in [9.17, 15) is 37.0 Å². The number of halogens is 4. The van der Waals surface area contributed by atoms with Crippen molar-refractivity contribution in [1.29, 1.82) is 0 Å². The van der Waals surface area contributed by atoms with Crippen LogP contribution in [0.15, 0.2) is 23.6 Å². The molecule has 3 aromatic rings. The number of alkyl halides is 3. The van der Waals surface area contributed by atoms with Crippen molar-refractivity contribution < 1.29 is 51.2 Å². The van der Waals surface area contributed by atoms with Gasteiger partial charge in [-0.3, -0.25) is 18.9 Å². The summed E-state index contributed by atoms with van der Waals surface area (Å²) in [7, 11) is -2.69. The Morgan fingerprint density at radius 1 is 1.03 bits per heavy atom. The fourth-order valence-electron chi connectivity index (χ4n) is 9.82. The zero-order valence-electron chi connectivity index (χ0n) is 36.7. The van der Waals surface area contributed by atoms with E-state index in [-0.39, 0.29) is 61.3 Å². The summed E-state index contributed by atoms with van der Waals surface area (Å²) < 4.78 is 71.3. The van der Waals surface area contributed by atoms with Crippen molar-refractivity contribution in [3.05, 3.63) is 28.6 Å². The Morgan fingerprint density at radius 2 is 1.75 bits per heavy atom. The molecule has 1 unspecified atom stereocenters. The summed E-state index contributed by atoms with van der Waals surface area (Å²) in [6.07, 6.45) is 2.59. The van der Waals surface area contributed by atoms with Gasteiger partial charge in [-0.1, -0.05) is 43.7 Å². The number of hydrogen-bond donors (Lipinski definition) is 3. The molecule has 7 rings (SSSR count). The van der Waals surface area contributed by atoms with Crippen LogP contribution in [0.5, 0.6) is 11.5 Å². The lowest BCUT2D eigenvalue weighted by molar-refractivity contribution is -0.154. The number of carbonyl (C=O) groups excluding carboxylic acids is 3. The zero-order valence-corrected chi connectivity index (χ0v) is 39.2. The summed E-state index contributed by atoms with van der Waals surface area (Å²) in [6, 6.07) is 4.31. The van der Waals surface area contributed by atoms with Crippen molar-refractivity contribution >= 4 is 64.0 Å². The second-order valence-electron chi connectivity index (χ2n) is 18.3. The van der Waals surface area contributed by atoms with Crippen LogP contribution in [-0.4, -0.2) is 106 Å². The Bertz CT molecular complexity index is 2210. The lowest BCUT2D eigenvalue weighted by atomic mass is 9.94. The molecule has 0 radical (unpaired) electrons. The SMILES string of the molecule is COc1ccc2c(O[C@@H]3C[C@H]4C(=O)C[C@]5(P(=O)(O)CCNCC(F)(F)F)C[C@H]5CCCCCCC[C@H](CC(=O)OC5CCCC5)C(=O)N4C3)cc(-c3csc(NC(C)C)n3)nc2c1Cl. The summed E-state index contributed by atoms with van der Waals surface area (Å²) in [5.74, 6) is -1.50. The summed E-state index contributed by atoms with van der Waals surface area (Å²) in [6.45, 7) is 2.36. The monoisotopic (exact) mass is 953 g/mol. The molecular weight excluding hydrogens is 894 g/mol. The molecule has 3 N–H and O–H groups in total. The number of amides is 1. The molecule has 352 valence electrons. The zero-order chi connectivity index (χ0) is 45.8. The van der Waals surface area contributed by atoms with Gasteiger partial charge in [0, 0.05) is 54.3 Å². The Labute approximate surface area is 381 Å². The summed E-state index contributed by atoms with van der Waals surface area (Å²) in [4.78, 5) is 65.9. The van der Waals surface area contributed by atoms with Crippen LogP contribution in [0.2, 0.25) is 5.02 Å². The number of ketones is 1. The number of carbonyl (C=O) groups is 3. The van der Waals surface area contributed by atoms with Crippen LogP contribution in [0.3, 0.4) is 0 Å². The van der Waals surface area contributed by atoms with Gasteiger partial charge in [-0.2, -0.15) is 13.2 Å². The number of anilines is 1.